The van der Waals surface area contributed by atoms with Gasteiger partial charge in [-0.3, -0.25) is 9.59 Å². The van der Waals surface area contributed by atoms with Crippen LogP contribution in [-0.2, 0) is 14.3 Å². The fourth-order valence-corrected chi connectivity index (χ4v) is 10.7. The van der Waals surface area contributed by atoms with Crippen LogP contribution in [0.3, 0.4) is 0 Å². The molecule has 76 heavy (non-hydrogen) atoms. The highest BCUT2D eigenvalue weighted by Gasteiger charge is 2.18. The lowest BCUT2D eigenvalue weighted by Crippen LogP contribution is -2.45. The lowest BCUT2D eigenvalue weighted by Gasteiger charge is -2.20. The topological polar surface area (TPSA) is 95.9 Å². The fourth-order valence-electron chi connectivity index (χ4n) is 10.7. The van der Waals surface area contributed by atoms with E-state index in [-0.39, 0.29) is 18.5 Å². The Hall–Kier alpha value is -1.92. The summed E-state index contributed by atoms with van der Waals surface area (Å²) < 4.78 is 5.48. The predicted octanol–water partition coefficient (Wildman–Crippen LogP) is 21.9. The third kappa shape index (κ3) is 61.3. The molecule has 0 spiro atoms. The number of carbonyl (C=O) groups excluding carboxylic acids is 2. The summed E-state index contributed by atoms with van der Waals surface area (Å²) in [5.74, 6) is -0.0588. The van der Waals surface area contributed by atoms with Crippen LogP contribution in [0.15, 0.2) is 36.5 Å². The Labute approximate surface area is 474 Å². The number of aliphatic hydroxyl groups is 2. The second kappa shape index (κ2) is 65.6. The van der Waals surface area contributed by atoms with Gasteiger partial charge >= 0.3 is 5.97 Å². The van der Waals surface area contributed by atoms with Crippen molar-refractivity contribution >= 4 is 11.9 Å². The Morgan fingerprint density at radius 2 is 0.684 bits per heavy atom. The molecule has 448 valence electrons. The van der Waals surface area contributed by atoms with E-state index in [2.05, 4.69) is 43.5 Å². The summed E-state index contributed by atoms with van der Waals surface area (Å²) in [5.41, 5.74) is 0. The molecule has 0 aromatic rings. The minimum Gasteiger partial charge on any atom is -0.466 e. The van der Waals surface area contributed by atoms with E-state index >= 15 is 0 Å². The lowest BCUT2D eigenvalue weighted by atomic mass is 10.0. The molecule has 0 aromatic carbocycles. The number of aliphatic hydroxyl groups excluding tert-OH is 2. The highest BCUT2D eigenvalue weighted by Crippen LogP contribution is 2.19. The summed E-state index contributed by atoms with van der Waals surface area (Å²) in [7, 11) is 0. The Bertz CT molecular complexity index is 1230. The molecule has 0 fully saturated rings. The second-order valence-electron chi connectivity index (χ2n) is 23.5. The van der Waals surface area contributed by atoms with Gasteiger partial charge in [0.25, 0.3) is 0 Å². The first kappa shape index (κ1) is 74.1. The van der Waals surface area contributed by atoms with Crippen molar-refractivity contribution in [3.8, 4) is 0 Å². The number of amides is 1. The van der Waals surface area contributed by atoms with E-state index in [0.717, 1.165) is 51.4 Å². The van der Waals surface area contributed by atoms with E-state index in [1.54, 1.807) is 6.08 Å². The van der Waals surface area contributed by atoms with Crippen molar-refractivity contribution in [2.75, 3.05) is 13.2 Å². The van der Waals surface area contributed by atoms with E-state index in [4.69, 9.17) is 4.74 Å². The van der Waals surface area contributed by atoms with Gasteiger partial charge in [0, 0.05) is 12.8 Å². The van der Waals surface area contributed by atoms with Crippen LogP contribution in [0.5, 0.6) is 0 Å². The van der Waals surface area contributed by atoms with Crippen LogP contribution >= 0.6 is 0 Å². The van der Waals surface area contributed by atoms with Crippen LogP contribution in [0, 0.1) is 0 Å². The van der Waals surface area contributed by atoms with Crippen molar-refractivity contribution in [3.05, 3.63) is 36.5 Å². The van der Waals surface area contributed by atoms with Crippen LogP contribution in [-0.4, -0.2) is 47.4 Å². The van der Waals surface area contributed by atoms with Crippen molar-refractivity contribution in [3.63, 3.8) is 0 Å². The van der Waals surface area contributed by atoms with Gasteiger partial charge in [0.05, 0.1) is 25.4 Å². The van der Waals surface area contributed by atoms with E-state index in [0.29, 0.717) is 19.4 Å². The summed E-state index contributed by atoms with van der Waals surface area (Å²) in [4.78, 5) is 24.5. The van der Waals surface area contributed by atoms with Crippen molar-refractivity contribution in [2.24, 2.45) is 0 Å². The van der Waals surface area contributed by atoms with Gasteiger partial charge in [0.15, 0.2) is 0 Å². The average Bonchev–Trinajstić information content (AvgIpc) is 3.42. The van der Waals surface area contributed by atoms with E-state index in [9.17, 15) is 19.8 Å². The number of nitrogens with one attached hydrogen (secondary N) is 1. The highest BCUT2D eigenvalue weighted by atomic mass is 16.5. The van der Waals surface area contributed by atoms with Gasteiger partial charge < -0.3 is 20.3 Å². The highest BCUT2D eigenvalue weighted by molar-refractivity contribution is 5.76. The first-order valence-electron chi connectivity index (χ1n) is 34.3. The first-order valence-corrected chi connectivity index (χ1v) is 34.3. The molecule has 0 aliphatic rings. The molecule has 0 saturated carbocycles. The fraction of sp³-hybridized carbons (Fsp3) is 0.886. The van der Waals surface area contributed by atoms with Gasteiger partial charge in [-0.15, -0.1) is 0 Å². The largest absolute Gasteiger partial charge is 0.466 e. The smallest absolute Gasteiger partial charge is 0.305 e. The standard InChI is InChI=1S/C70H133NO5/c1-3-5-7-9-11-13-15-17-18-19-32-35-39-42-46-50-54-58-62-68(73)67(66-72)71-69(74)63-59-55-51-47-43-40-36-33-30-28-26-24-22-20-21-23-25-27-29-31-34-37-41-45-49-53-57-61-65-76-70(75)64-60-56-52-48-44-38-16-14-12-10-8-6-4-2/h8,10,14,16,58,62,67-68,72-73H,3-7,9,11-13,15,17-57,59-61,63-66H2,1-2H3,(H,71,74)/b10-8-,16-14-,62-58+. The third-order valence-corrected chi connectivity index (χ3v) is 15.9. The Balaban J connectivity index is 3.37. The van der Waals surface area contributed by atoms with Crippen LogP contribution in [0.25, 0.3) is 0 Å². The molecule has 2 unspecified atom stereocenters. The molecule has 0 saturated heterocycles. The summed E-state index contributed by atoms with van der Waals surface area (Å²) in [6.45, 7) is 4.86. The van der Waals surface area contributed by atoms with Crippen LogP contribution < -0.4 is 5.32 Å². The number of hydrogen-bond donors (Lipinski definition) is 3. The van der Waals surface area contributed by atoms with Crippen LogP contribution in [0.1, 0.15) is 373 Å². The molecule has 0 bridgehead atoms. The van der Waals surface area contributed by atoms with Gasteiger partial charge in [-0.2, -0.15) is 0 Å². The summed E-state index contributed by atoms with van der Waals surface area (Å²) >= 11 is 0. The maximum absolute atomic E-state index is 12.5. The van der Waals surface area contributed by atoms with Crippen molar-refractivity contribution in [1.82, 2.24) is 5.32 Å². The summed E-state index contributed by atoms with van der Waals surface area (Å²) in [6, 6.07) is -0.626. The number of esters is 1. The Morgan fingerprint density at radius 3 is 1.05 bits per heavy atom. The molecular formula is C70H133NO5. The Morgan fingerprint density at radius 1 is 0.368 bits per heavy atom. The third-order valence-electron chi connectivity index (χ3n) is 15.9. The average molecular weight is 1070 g/mol. The molecule has 0 rings (SSSR count). The molecule has 0 aliphatic heterocycles. The van der Waals surface area contributed by atoms with Crippen molar-refractivity contribution in [1.29, 1.82) is 0 Å². The monoisotopic (exact) mass is 1070 g/mol. The van der Waals surface area contributed by atoms with Crippen molar-refractivity contribution < 1.29 is 24.5 Å². The zero-order valence-corrected chi connectivity index (χ0v) is 51.3. The molecule has 2 atom stereocenters. The molecule has 0 aliphatic carbocycles. The molecule has 0 aromatic heterocycles. The minimum atomic E-state index is -0.843. The molecular weight excluding hydrogens is 935 g/mol. The SMILES string of the molecule is CCC/C=C\C/C=C\CCCCCCCC(=O)OCCCCCCCCCCCCCCCCCCCCCCCCCCCCCCC(=O)NC(CO)C(O)/C=C/CCCCCCCCCCCCCCCCCC. The molecule has 0 heterocycles. The van der Waals surface area contributed by atoms with Gasteiger partial charge in [-0.05, 0) is 57.8 Å². The molecule has 1 amide bonds. The maximum Gasteiger partial charge on any atom is 0.305 e. The Kier molecular flexibility index (Phi) is 63.9. The zero-order chi connectivity index (χ0) is 55.0. The van der Waals surface area contributed by atoms with E-state index in [1.165, 1.54) is 295 Å². The number of carbonyl (C=O) groups is 2. The number of hydrogen-bond acceptors (Lipinski definition) is 5. The predicted molar refractivity (Wildman–Crippen MR) is 333 cm³/mol. The molecule has 6 nitrogen and oxygen atoms in total. The summed E-state index contributed by atoms with van der Waals surface area (Å²) in [6.07, 6.45) is 83.6. The van der Waals surface area contributed by atoms with Crippen LogP contribution in [0.2, 0.25) is 0 Å². The van der Waals surface area contributed by atoms with Crippen molar-refractivity contribution in [2.45, 2.75) is 386 Å². The quantitative estimate of drug-likeness (QED) is 0.0320. The lowest BCUT2D eigenvalue weighted by molar-refractivity contribution is -0.143. The molecule has 3 N–H and O–H groups in total. The number of unbranched alkanes of at least 4 members (excludes halogenated alkanes) is 49. The first-order chi connectivity index (χ1) is 37.5. The van der Waals surface area contributed by atoms with E-state index in [1.807, 2.05) is 6.08 Å². The zero-order valence-electron chi connectivity index (χ0n) is 51.3. The van der Waals surface area contributed by atoms with Gasteiger partial charge in [0.2, 0.25) is 5.91 Å². The number of rotatable bonds is 64. The van der Waals surface area contributed by atoms with Crippen LogP contribution in [0.4, 0.5) is 0 Å². The molecule has 0 radical (unpaired) electrons. The number of ether oxygens (including phenoxy) is 1. The summed E-state index contributed by atoms with van der Waals surface area (Å²) in [5, 5.41) is 23.2. The normalized spacial score (nSPS) is 12.7. The van der Waals surface area contributed by atoms with Gasteiger partial charge in [0.1, 0.15) is 0 Å². The molecule has 6 heteroatoms. The maximum atomic E-state index is 12.5. The van der Waals surface area contributed by atoms with Gasteiger partial charge in [-0.25, -0.2) is 0 Å². The van der Waals surface area contributed by atoms with Gasteiger partial charge in [-0.1, -0.05) is 339 Å². The minimum absolute atomic E-state index is 0.00327. The van der Waals surface area contributed by atoms with E-state index < -0.39 is 12.1 Å². The number of allylic oxidation sites excluding steroid dienone is 5. The second-order valence-corrected chi connectivity index (χ2v) is 23.5.